The van der Waals surface area contributed by atoms with Gasteiger partial charge in [0.2, 0.25) is 5.13 Å². The number of pyridine rings is 1. The summed E-state index contributed by atoms with van der Waals surface area (Å²) in [5, 5.41) is 20.1. The van der Waals surface area contributed by atoms with Gasteiger partial charge in [-0.25, -0.2) is 9.37 Å². The van der Waals surface area contributed by atoms with Crippen LogP contribution >= 0.6 is 23.1 Å². The van der Waals surface area contributed by atoms with Crippen molar-refractivity contribution in [2.75, 3.05) is 4.90 Å². The number of anilines is 1. The number of hydrogen-bond donors (Lipinski definition) is 1. The number of Topliss-reactive ketones (excluding diaryl/α,β-unsaturated/α-hetero) is 1. The van der Waals surface area contributed by atoms with Crippen LogP contribution in [0.3, 0.4) is 0 Å². The number of aliphatic hydroxyl groups excluding tert-OH is 1. The summed E-state index contributed by atoms with van der Waals surface area (Å²) in [5.74, 6) is -2.30. The molecule has 1 atom stereocenters. The fourth-order valence-corrected chi connectivity index (χ4v) is 6.45. The van der Waals surface area contributed by atoms with Gasteiger partial charge in [-0.15, -0.1) is 10.2 Å². The number of imidazole rings is 1. The molecule has 8 nitrogen and oxygen atoms in total. The molecule has 6 rings (SSSR count). The lowest BCUT2D eigenvalue weighted by Gasteiger charge is -2.22. The van der Waals surface area contributed by atoms with Crippen LogP contribution in [0.5, 0.6) is 0 Å². The van der Waals surface area contributed by atoms with Crippen molar-refractivity contribution in [3.8, 4) is 0 Å². The quantitative estimate of drug-likeness (QED) is 0.0960. The molecular formula is C28H20FN5O3S2. The number of carbonyl (C=O) groups is 2. The SMILES string of the molecule is Cc1nc2ccccn2c1/C(O)=C1\C(=O)C(=O)N(c2nnc(SCc3ccccc3)s2)C1c1ccccc1F. The van der Waals surface area contributed by atoms with Crippen LogP contribution in [0.15, 0.2) is 88.9 Å². The highest BCUT2D eigenvalue weighted by Gasteiger charge is 2.49. The normalized spacial score (nSPS) is 16.9. The fourth-order valence-electron chi connectivity index (χ4n) is 4.62. The molecule has 5 aromatic rings. The van der Waals surface area contributed by atoms with Crippen LogP contribution in [0.2, 0.25) is 0 Å². The zero-order valence-electron chi connectivity index (χ0n) is 20.5. The lowest BCUT2D eigenvalue weighted by molar-refractivity contribution is -0.132. The van der Waals surface area contributed by atoms with Gasteiger partial charge in [0.1, 0.15) is 23.2 Å². The molecular weight excluding hydrogens is 537 g/mol. The van der Waals surface area contributed by atoms with Gasteiger partial charge < -0.3 is 5.11 Å². The van der Waals surface area contributed by atoms with Gasteiger partial charge in [0, 0.05) is 17.5 Å². The average Bonchev–Trinajstić information content (AvgIpc) is 3.62. The summed E-state index contributed by atoms with van der Waals surface area (Å²) in [6.07, 6.45) is 1.69. The number of halogens is 1. The number of aryl methyl sites for hydroxylation is 1. The molecule has 1 amide bonds. The summed E-state index contributed by atoms with van der Waals surface area (Å²) >= 11 is 2.56. The maximum Gasteiger partial charge on any atom is 0.301 e. The molecule has 0 saturated carbocycles. The highest BCUT2D eigenvalue weighted by atomic mass is 32.2. The van der Waals surface area contributed by atoms with Crippen LogP contribution < -0.4 is 4.90 Å². The molecule has 4 heterocycles. The van der Waals surface area contributed by atoms with Gasteiger partial charge in [0.05, 0.1) is 11.3 Å². The Balaban J connectivity index is 1.46. The molecule has 1 unspecified atom stereocenters. The summed E-state index contributed by atoms with van der Waals surface area (Å²) < 4.78 is 17.4. The van der Waals surface area contributed by atoms with Gasteiger partial charge in [-0.1, -0.05) is 77.7 Å². The Bertz CT molecular complexity index is 1770. The molecule has 0 aliphatic carbocycles. The number of nitrogens with zero attached hydrogens (tertiary/aromatic N) is 5. The first kappa shape index (κ1) is 25.0. The second-order valence-corrected chi connectivity index (χ2v) is 11.0. The predicted octanol–water partition coefficient (Wildman–Crippen LogP) is 5.55. The van der Waals surface area contributed by atoms with E-state index in [0.29, 0.717) is 21.4 Å². The molecule has 2 aromatic carbocycles. The average molecular weight is 558 g/mol. The van der Waals surface area contributed by atoms with E-state index < -0.39 is 29.3 Å². The molecule has 1 saturated heterocycles. The van der Waals surface area contributed by atoms with Crippen LogP contribution in [-0.2, 0) is 15.3 Å². The first-order chi connectivity index (χ1) is 18.9. The Labute approximate surface area is 230 Å². The van der Waals surface area contributed by atoms with Gasteiger partial charge in [-0.05, 0) is 30.7 Å². The molecule has 1 aliphatic heterocycles. The van der Waals surface area contributed by atoms with Crippen molar-refractivity contribution in [2.45, 2.75) is 23.1 Å². The minimum atomic E-state index is -1.25. The smallest absolute Gasteiger partial charge is 0.301 e. The fraction of sp³-hybridized carbons (Fsp3) is 0.107. The summed E-state index contributed by atoms with van der Waals surface area (Å²) in [7, 11) is 0. The molecule has 0 spiro atoms. The number of benzene rings is 2. The number of carbonyl (C=O) groups excluding carboxylic acids is 2. The molecule has 194 valence electrons. The molecule has 0 radical (unpaired) electrons. The van der Waals surface area contributed by atoms with Gasteiger partial charge >= 0.3 is 5.91 Å². The molecule has 39 heavy (non-hydrogen) atoms. The third-order valence-corrected chi connectivity index (χ3v) is 8.51. The number of aliphatic hydroxyl groups is 1. The predicted molar refractivity (Wildman–Crippen MR) is 147 cm³/mol. The largest absolute Gasteiger partial charge is 0.505 e. The second-order valence-electron chi connectivity index (χ2n) is 8.79. The topological polar surface area (TPSA) is 101 Å². The lowest BCUT2D eigenvalue weighted by Crippen LogP contribution is -2.29. The number of fused-ring (bicyclic) bond motifs is 1. The molecule has 0 bridgehead atoms. The number of rotatable bonds is 6. The van der Waals surface area contributed by atoms with Gasteiger partial charge in [0.15, 0.2) is 10.1 Å². The number of hydrogen-bond acceptors (Lipinski definition) is 8. The first-order valence-electron chi connectivity index (χ1n) is 11.9. The first-order valence-corrected chi connectivity index (χ1v) is 13.7. The second kappa shape index (κ2) is 10.1. The molecule has 3 aromatic heterocycles. The van der Waals surface area contributed by atoms with E-state index in [2.05, 4.69) is 15.2 Å². The van der Waals surface area contributed by atoms with E-state index in [0.717, 1.165) is 21.8 Å². The van der Waals surface area contributed by atoms with Gasteiger partial charge in [0.25, 0.3) is 5.78 Å². The molecule has 1 fully saturated rings. The number of aromatic nitrogens is 4. The minimum absolute atomic E-state index is 0.0541. The Kier molecular flexibility index (Phi) is 6.45. The molecule has 11 heteroatoms. The number of thioether (sulfide) groups is 1. The highest BCUT2D eigenvalue weighted by molar-refractivity contribution is 8.00. The van der Waals surface area contributed by atoms with Crippen molar-refractivity contribution >= 4 is 51.3 Å². The van der Waals surface area contributed by atoms with Crippen molar-refractivity contribution in [1.82, 2.24) is 19.6 Å². The van der Waals surface area contributed by atoms with Crippen molar-refractivity contribution in [3.63, 3.8) is 0 Å². The third-order valence-electron chi connectivity index (χ3n) is 6.38. The van der Waals surface area contributed by atoms with E-state index in [1.807, 2.05) is 30.3 Å². The zero-order chi connectivity index (χ0) is 27.1. The summed E-state index contributed by atoms with van der Waals surface area (Å²) in [5.41, 5.74) is 2.16. The Hall–Kier alpha value is -4.35. The number of amides is 1. The van der Waals surface area contributed by atoms with Crippen molar-refractivity contribution in [1.29, 1.82) is 0 Å². The monoisotopic (exact) mass is 557 g/mol. The summed E-state index contributed by atoms with van der Waals surface area (Å²) in [4.78, 5) is 32.5. The maximum absolute atomic E-state index is 15.2. The van der Waals surface area contributed by atoms with E-state index in [9.17, 15) is 14.7 Å². The van der Waals surface area contributed by atoms with Crippen LogP contribution in [0.25, 0.3) is 11.4 Å². The molecule has 1 N–H and O–H groups in total. The van der Waals surface area contributed by atoms with Crippen molar-refractivity contribution < 1.29 is 19.1 Å². The van der Waals surface area contributed by atoms with Crippen LogP contribution in [-0.4, -0.2) is 36.4 Å². The van der Waals surface area contributed by atoms with Crippen LogP contribution in [0.4, 0.5) is 9.52 Å². The lowest BCUT2D eigenvalue weighted by atomic mass is 9.96. The van der Waals surface area contributed by atoms with Gasteiger partial charge in [-0.2, -0.15) is 0 Å². The standard InChI is InChI=1S/C28H20FN5O3S2/c1-16-22(33-14-8-7-13-20(33)30-16)24(35)21-23(18-11-5-6-12-19(18)29)34(26(37)25(21)36)27-31-32-28(39-27)38-15-17-9-3-2-4-10-17/h2-14,23,35H,15H2,1H3/b24-21+. The highest BCUT2D eigenvalue weighted by Crippen LogP contribution is 2.45. The Morgan fingerprint density at radius 1 is 1.03 bits per heavy atom. The summed E-state index contributed by atoms with van der Waals surface area (Å²) in [6, 6.07) is 19.7. The Morgan fingerprint density at radius 2 is 1.77 bits per heavy atom. The van der Waals surface area contributed by atoms with Crippen molar-refractivity contribution in [2.24, 2.45) is 0 Å². The van der Waals surface area contributed by atoms with E-state index in [-0.39, 0.29) is 22.0 Å². The van der Waals surface area contributed by atoms with E-state index >= 15 is 4.39 Å². The van der Waals surface area contributed by atoms with E-state index in [1.54, 1.807) is 41.8 Å². The van der Waals surface area contributed by atoms with Crippen LogP contribution in [0, 0.1) is 12.7 Å². The summed E-state index contributed by atoms with van der Waals surface area (Å²) in [6.45, 7) is 1.69. The van der Waals surface area contributed by atoms with Gasteiger partial charge in [-0.3, -0.25) is 18.9 Å². The maximum atomic E-state index is 15.2. The Morgan fingerprint density at radius 3 is 2.56 bits per heavy atom. The zero-order valence-corrected chi connectivity index (χ0v) is 22.1. The van der Waals surface area contributed by atoms with E-state index in [1.165, 1.54) is 30.0 Å². The van der Waals surface area contributed by atoms with E-state index in [4.69, 9.17) is 0 Å². The third kappa shape index (κ3) is 4.39. The minimum Gasteiger partial charge on any atom is -0.505 e. The molecule has 1 aliphatic rings. The number of ketones is 1. The van der Waals surface area contributed by atoms with Crippen molar-refractivity contribution in [3.05, 3.63) is 113 Å². The van der Waals surface area contributed by atoms with Crippen LogP contribution in [0.1, 0.15) is 28.6 Å².